The SMILES string of the molecule is CCCCCCCC(C)=C1CC=CC1=O. The van der Waals surface area contributed by atoms with E-state index in [1.807, 2.05) is 6.08 Å². The maximum atomic E-state index is 11.4. The molecule has 0 N–H and O–H groups in total. The molecule has 0 bridgehead atoms. The molecule has 0 saturated carbocycles. The Bertz CT molecular complexity index is 271. The third-order valence-electron chi connectivity index (χ3n) is 3.06. The molecule has 1 aliphatic rings. The molecule has 0 unspecified atom stereocenters. The summed E-state index contributed by atoms with van der Waals surface area (Å²) in [5.74, 6) is 0.237. The van der Waals surface area contributed by atoms with Crippen LogP contribution in [0.2, 0.25) is 0 Å². The van der Waals surface area contributed by atoms with Crippen molar-refractivity contribution in [3.8, 4) is 0 Å². The Labute approximate surface area is 93.3 Å². The van der Waals surface area contributed by atoms with E-state index in [2.05, 4.69) is 13.8 Å². The molecule has 0 radical (unpaired) electrons. The number of carbonyl (C=O) groups is 1. The second kappa shape index (κ2) is 6.60. The van der Waals surface area contributed by atoms with Gasteiger partial charge in [-0.05, 0) is 32.3 Å². The molecule has 1 nitrogen and oxygen atoms in total. The lowest BCUT2D eigenvalue weighted by molar-refractivity contribution is -0.111. The van der Waals surface area contributed by atoms with Crippen LogP contribution in [-0.2, 0) is 4.79 Å². The summed E-state index contributed by atoms with van der Waals surface area (Å²) >= 11 is 0. The van der Waals surface area contributed by atoms with E-state index in [-0.39, 0.29) is 5.78 Å². The molecule has 0 fully saturated rings. The number of rotatable bonds is 6. The zero-order valence-electron chi connectivity index (χ0n) is 10.0. The topological polar surface area (TPSA) is 17.1 Å². The summed E-state index contributed by atoms with van der Waals surface area (Å²) in [6.07, 6.45) is 12.2. The number of unbranched alkanes of at least 4 members (excludes halogenated alkanes) is 4. The molecule has 1 rings (SSSR count). The van der Waals surface area contributed by atoms with Crippen molar-refractivity contribution >= 4 is 5.78 Å². The highest BCUT2D eigenvalue weighted by molar-refractivity contribution is 6.07. The maximum Gasteiger partial charge on any atom is 0.181 e. The quantitative estimate of drug-likeness (QED) is 0.470. The first-order valence-electron chi connectivity index (χ1n) is 6.15. The van der Waals surface area contributed by atoms with Crippen LogP contribution in [-0.4, -0.2) is 5.78 Å². The molecular weight excluding hydrogens is 184 g/mol. The molecule has 0 amide bonds. The average molecular weight is 206 g/mol. The largest absolute Gasteiger partial charge is 0.290 e. The van der Waals surface area contributed by atoms with Crippen LogP contribution in [0.5, 0.6) is 0 Å². The normalized spacial score (nSPS) is 18.7. The van der Waals surface area contributed by atoms with Crippen molar-refractivity contribution in [2.75, 3.05) is 0 Å². The molecule has 0 saturated heterocycles. The van der Waals surface area contributed by atoms with Crippen LogP contribution in [0.1, 0.15) is 58.8 Å². The first-order valence-corrected chi connectivity index (χ1v) is 6.15. The zero-order chi connectivity index (χ0) is 11.1. The monoisotopic (exact) mass is 206 g/mol. The molecular formula is C14H22O. The van der Waals surface area contributed by atoms with Crippen molar-refractivity contribution in [1.82, 2.24) is 0 Å². The van der Waals surface area contributed by atoms with Gasteiger partial charge >= 0.3 is 0 Å². The fourth-order valence-corrected chi connectivity index (χ4v) is 2.01. The van der Waals surface area contributed by atoms with Gasteiger partial charge in [0.1, 0.15) is 0 Å². The van der Waals surface area contributed by atoms with E-state index in [0.717, 1.165) is 18.4 Å². The van der Waals surface area contributed by atoms with E-state index >= 15 is 0 Å². The summed E-state index contributed by atoms with van der Waals surface area (Å²) < 4.78 is 0. The van der Waals surface area contributed by atoms with Crippen molar-refractivity contribution < 1.29 is 4.79 Å². The standard InChI is InChI=1S/C14H22O/c1-3-4-5-6-7-9-12(2)13-10-8-11-14(13)15/h8,11H,3-7,9-10H2,1-2H3. The van der Waals surface area contributed by atoms with Crippen molar-refractivity contribution in [2.24, 2.45) is 0 Å². The van der Waals surface area contributed by atoms with Crippen LogP contribution in [0.15, 0.2) is 23.3 Å². The molecule has 0 atom stereocenters. The predicted molar refractivity (Wildman–Crippen MR) is 64.8 cm³/mol. The van der Waals surface area contributed by atoms with E-state index in [0.29, 0.717) is 0 Å². The molecule has 0 aromatic carbocycles. The molecule has 1 aliphatic carbocycles. The van der Waals surface area contributed by atoms with Crippen LogP contribution in [0.4, 0.5) is 0 Å². The van der Waals surface area contributed by atoms with Crippen LogP contribution in [0.25, 0.3) is 0 Å². The molecule has 0 spiro atoms. The van der Waals surface area contributed by atoms with Gasteiger partial charge in [-0.2, -0.15) is 0 Å². The van der Waals surface area contributed by atoms with Gasteiger partial charge in [-0.3, -0.25) is 4.79 Å². The predicted octanol–water partition coefficient (Wildman–Crippen LogP) is 4.19. The minimum Gasteiger partial charge on any atom is -0.290 e. The number of carbonyl (C=O) groups excluding carboxylic acids is 1. The average Bonchev–Trinajstić information content (AvgIpc) is 2.64. The molecule has 0 aromatic heterocycles. The Hall–Kier alpha value is -0.850. The molecule has 1 heteroatoms. The lowest BCUT2D eigenvalue weighted by Gasteiger charge is -2.05. The first-order chi connectivity index (χ1) is 7.25. The smallest absolute Gasteiger partial charge is 0.181 e. The minimum absolute atomic E-state index is 0.237. The van der Waals surface area contributed by atoms with Crippen molar-refractivity contribution in [2.45, 2.75) is 58.8 Å². The highest BCUT2D eigenvalue weighted by Crippen LogP contribution is 2.21. The van der Waals surface area contributed by atoms with E-state index in [9.17, 15) is 4.79 Å². The summed E-state index contributed by atoms with van der Waals surface area (Å²) in [7, 11) is 0. The number of ketones is 1. The Morgan fingerprint density at radius 2 is 2.00 bits per heavy atom. The molecule has 0 heterocycles. The number of allylic oxidation sites excluding steroid dienone is 4. The van der Waals surface area contributed by atoms with Crippen LogP contribution in [0, 0.1) is 0 Å². The Balaban J connectivity index is 2.24. The van der Waals surface area contributed by atoms with Crippen molar-refractivity contribution in [1.29, 1.82) is 0 Å². The second-order valence-corrected chi connectivity index (χ2v) is 4.39. The van der Waals surface area contributed by atoms with Gasteiger partial charge in [0.05, 0.1) is 0 Å². The first kappa shape index (κ1) is 12.2. The zero-order valence-corrected chi connectivity index (χ0v) is 10.0. The Morgan fingerprint density at radius 3 is 2.60 bits per heavy atom. The molecule has 84 valence electrons. The van der Waals surface area contributed by atoms with E-state index < -0.39 is 0 Å². The minimum atomic E-state index is 0.237. The van der Waals surface area contributed by atoms with Crippen LogP contribution < -0.4 is 0 Å². The van der Waals surface area contributed by atoms with Crippen molar-refractivity contribution in [3.63, 3.8) is 0 Å². The Kier molecular flexibility index (Phi) is 5.38. The van der Waals surface area contributed by atoms with Gasteiger partial charge in [0.25, 0.3) is 0 Å². The number of hydrogen-bond acceptors (Lipinski definition) is 1. The second-order valence-electron chi connectivity index (χ2n) is 4.39. The summed E-state index contributed by atoms with van der Waals surface area (Å²) in [5, 5.41) is 0. The maximum absolute atomic E-state index is 11.4. The van der Waals surface area contributed by atoms with Gasteiger partial charge in [0.2, 0.25) is 0 Å². The van der Waals surface area contributed by atoms with E-state index in [1.165, 1.54) is 37.7 Å². The van der Waals surface area contributed by atoms with Gasteiger partial charge in [-0.1, -0.05) is 44.3 Å². The molecule has 0 aromatic rings. The number of hydrogen-bond donors (Lipinski definition) is 0. The fourth-order valence-electron chi connectivity index (χ4n) is 2.01. The summed E-state index contributed by atoms with van der Waals surface area (Å²) in [5.41, 5.74) is 2.35. The molecule has 0 aliphatic heterocycles. The highest BCUT2D eigenvalue weighted by atomic mass is 16.1. The van der Waals surface area contributed by atoms with Gasteiger partial charge in [0, 0.05) is 5.57 Å². The van der Waals surface area contributed by atoms with E-state index in [4.69, 9.17) is 0 Å². The summed E-state index contributed by atoms with van der Waals surface area (Å²) in [4.78, 5) is 11.4. The van der Waals surface area contributed by atoms with E-state index in [1.54, 1.807) is 6.08 Å². The summed E-state index contributed by atoms with van der Waals surface area (Å²) in [6, 6.07) is 0. The van der Waals surface area contributed by atoms with Crippen LogP contribution in [0.3, 0.4) is 0 Å². The fraction of sp³-hybridized carbons (Fsp3) is 0.643. The lowest BCUT2D eigenvalue weighted by atomic mass is 10.0. The van der Waals surface area contributed by atoms with Gasteiger partial charge in [0.15, 0.2) is 5.78 Å². The Morgan fingerprint density at radius 1 is 1.27 bits per heavy atom. The highest BCUT2D eigenvalue weighted by Gasteiger charge is 2.13. The lowest BCUT2D eigenvalue weighted by Crippen LogP contribution is -1.96. The molecule has 15 heavy (non-hydrogen) atoms. The third kappa shape index (κ3) is 4.03. The van der Waals surface area contributed by atoms with Crippen molar-refractivity contribution in [3.05, 3.63) is 23.3 Å². The summed E-state index contributed by atoms with van der Waals surface area (Å²) in [6.45, 7) is 4.34. The van der Waals surface area contributed by atoms with Gasteiger partial charge in [-0.25, -0.2) is 0 Å². The van der Waals surface area contributed by atoms with Gasteiger partial charge < -0.3 is 0 Å². The van der Waals surface area contributed by atoms with Crippen LogP contribution >= 0.6 is 0 Å². The third-order valence-corrected chi connectivity index (χ3v) is 3.06. The van der Waals surface area contributed by atoms with Gasteiger partial charge in [-0.15, -0.1) is 0 Å².